The second-order valence-corrected chi connectivity index (χ2v) is 3.55. The molecule has 1 saturated heterocycles. The fourth-order valence-corrected chi connectivity index (χ4v) is 2.13. The first-order valence-corrected chi connectivity index (χ1v) is 4.30. The molecule has 1 heteroatoms. The summed E-state index contributed by atoms with van der Waals surface area (Å²) in [6.07, 6.45) is 10.3. The van der Waals surface area contributed by atoms with Crippen LogP contribution in [-0.2, 0) is 0 Å². The Kier molecular flexibility index (Phi) is 1.53. The average molecular weight is 137 g/mol. The molecule has 1 aliphatic heterocycles. The molecule has 0 atom stereocenters. The summed E-state index contributed by atoms with van der Waals surface area (Å²) in [4.78, 5) is 0. The second-order valence-electron chi connectivity index (χ2n) is 3.55. The minimum Gasteiger partial charge on any atom is -0.317 e. The molecule has 1 fully saturated rings. The van der Waals surface area contributed by atoms with Gasteiger partial charge in [-0.3, -0.25) is 0 Å². The molecule has 0 unspecified atom stereocenters. The van der Waals surface area contributed by atoms with Crippen molar-refractivity contribution in [1.29, 1.82) is 0 Å². The third kappa shape index (κ3) is 0.988. The highest BCUT2D eigenvalue weighted by molar-refractivity contribution is 5.08. The first kappa shape index (κ1) is 6.41. The van der Waals surface area contributed by atoms with Gasteiger partial charge in [-0.05, 0) is 44.2 Å². The Bertz CT molecular complexity index is 143. The van der Waals surface area contributed by atoms with E-state index in [2.05, 4.69) is 17.5 Å². The predicted molar refractivity (Wildman–Crippen MR) is 42.9 cm³/mol. The van der Waals surface area contributed by atoms with Crippen molar-refractivity contribution in [3.63, 3.8) is 0 Å². The molecule has 1 spiro atoms. The minimum absolute atomic E-state index is 0.630. The smallest absolute Gasteiger partial charge is 0.00406 e. The van der Waals surface area contributed by atoms with Crippen LogP contribution in [0.1, 0.15) is 25.7 Å². The first-order chi connectivity index (χ1) is 4.91. The zero-order valence-corrected chi connectivity index (χ0v) is 6.40. The van der Waals surface area contributed by atoms with Crippen LogP contribution in [0.5, 0.6) is 0 Å². The molecular formula is C9H15N. The van der Waals surface area contributed by atoms with E-state index in [1.807, 2.05) is 0 Å². The van der Waals surface area contributed by atoms with Crippen molar-refractivity contribution in [2.45, 2.75) is 25.7 Å². The Hall–Kier alpha value is -0.300. The van der Waals surface area contributed by atoms with Gasteiger partial charge in [0.2, 0.25) is 0 Å². The van der Waals surface area contributed by atoms with Gasteiger partial charge >= 0.3 is 0 Å². The molecule has 0 radical (unpaired) electrons. The SMILES string of the molecule is C1=CC2(CC1)CCNCC2. The Morgan fingerprint density at radius 1 is 1.10 bits per heavy atom. The van der Waals surface area contributed by atoms with Crippen LogP contribution in [0.2, 0.25) is 0 Å². The number of piperidine rings is 1. The fraction of sp³-hybridized carbons (Fsp3) is 0.778. The van der Waals surface area contributed by atoms with Gasteiger partial charge in [-0.15, -0.1) is 0 Å². The van der Waals surface area contributed by atoms with Gasteiger partial charge in [0.25, 0.3) is 0 Å². The van der Waals surface area contributed by atoms with Gasteiger partial charge < -0.3 is 5.32 Å². The molecule has 0 aromatic carbocycles. The van der Waals surface area contributed by atoms with Crippen molar-refractivity contribution in [3.05, 3.63) is 12.2 Å². The van der Waals surface area contributed by atoms with Crippen molar-refractivity contribution in [2.24, 2.45) is 5.41 Å². The lowest BCUT2D eigenvalue weighted by Crippen LogP contribution is -2.34. The lowest BCUT2D eigenvalue weighted by molar-refractivity contribution is 0.268. The monoisotopic (exact) mass is 137 g/mol. The van der Waals surface area contributed by atoms with E-state index in [1.165, 1.54) is 38.8 Å². The van der Waals surface area contributed by atoms with Crippen LogP contribution in [-0.4, -0.2) is 13.1 Å². The first-order valence-electron chi connectivity index (χ1n) is 4.30. The largest absolute Gasteiger partial charge is 0.317 e. The van der Waals surface area contributed by atoms with Crippen LogP contribution in [0.15, 0.2) is 12.2 Å². The summed E-state index contributed by atoms with van der Waals surface area (Å²) in [5.74, 6) is 0. The molecule has 56 valence electrons. The average Bonchev–Trinajstić information content (AvgIpc) is 2.39. The molecule has 0 saturated carbocycles. The maximum absolute atomic E-state index is 3.40. The number of nitrogens with one attached hydrogen (secondary N) is 1. The van der Waals surface area contributed by atoms with E-state index in [-0.39, 0.29) is 0 Å². The van der Waals surface area contributed by atoms with Gasteiger partial charge in [-0.2, -0.15) is 0 Å². The molecule has 2 aliphatic rings. The number of hydrogen-bond donors (Lipinski definition) is 1. The predicted octanol–water partition coefficient (Wildman–Crippen LogP) is 1.71. The third-order valence-electron chi connectivity index (χ3n) is 2.88. The molecule has 0 bridgehead atoms. The molecule has 1 aliphatic carbocycles. The van der Waals surface area contributed by atoms with E-state index in [0.717, 1.165) is 0 Å². The van der Waals surface area contributed by atoms with Crippen molar-refractivity contribution in [1.82, 2.24) is 5.32 Å². The summed E-state index contributed by atoms with van der Waals surface area (Å²) >= 11 is 0. The van der Waals surface area contributed by atoms with Gasteiger partial charge in [-0.25, -0.2) is 0 Å². The van der Waals surface area contributed by atoms with Gasteiger partial charge in [0, 0.05) is 0 Å². The molecule has 0 aromatic heterocycles. The lowest BCUT2D eigenvalue weighted by Gasteiger charge is -2.32. The Morgan fingerprint density at radius 2 is 1.90 bits per heavy atom. The van der Waals surface area contributed by atoms with Crippen LogP contribution in [0, 0.1) is 5.41 Å². The van der Waals surface area contributed by atoms with Gasteiger partial charge in [0.05, 0.1) is 0 Å². The topological polar surface area (TPSA) is 12.0 Å². The number of hydrogen-bond acceptors (Lipinski definition) is 1. The second kappa shape index (κ2) is 2.39. The molecule has 1 heterocycles. The van der Waals surface area contributed by atoms with Gasteiger partial charge in [0.1, 0.15) is 0 Å². The minimum atomic E-state index is 0.630. The summed E-state index contributed by atoms with van der Waals surface area (Å²) in [6.45, 7) is 2.45. The Balaban J connectivity index is 2.05. The summed E-state index contributed by atoms with van der Waals surface area (Å²) in [7, 11) is 0. The van der Waals surface area contributed by atoms with Crippen molar-refractivity contribution < 1.29 is 0 Å². The summed E-state index contributed by atoms with van der Waals surface area (Å²) in [5.41, 5.74) is 0.630. The zero-order valence-electron chi connectivity index (χ0n) is 6.40. The molecule has 10 heavy (non-hydrogen) atoms. The van der Waals surface area contributed by atoms with Crippen molar-refractivity contribution >= 4 is 0 Å². The normalized spacial score (nSPS) is 29.6. The van der Waals surface area contributed by atoms with E-state index >= 15 is 0 Å². The number of rotatable bonds is 0. The quantitative estimate of drug-likeness (QED) is 0.501. The molecule has 0 aromatic rings. The van der Waals surface area contributed by atoms with Crippen LogP contribution in [0.25, 0.3) is 0 Å². The fourth-order valence-electron chi connectivity index (χ4n) is 2.13. The summed E-state index contributed by atoms with van der Waals surface area (Å²) < 4.78 is 0. The molecule has 2 rings (SSSR count). The van der Waals surface area contributed by atoms with Crippen molar-refractivity contribution in [3.8, 4) is 0 Å². The van der Waals surface area contributed by atoms with Crippen LogP contribution in [0.3, 0.4) is 0 Å². The standard InChI is InChI=1S/C9H15N/c1-2-4-9(3-1)5-7-10-8-6-9/h1,3,10H,2,4-8H2. The Labute approximate surface area is 62.5 Å². The van der Waals surface area contributed by atoms with E-state index in [1.54, 1.807) is 0 Å². The summed E-state index contributed by atoms with van der Waals surface area (Å²) in [5, 5.41) is 3.40. The van der Waals surface area contributed by atoms with Crippen molar-refractivity contribution in [2.75, 3.05) is 13.1 Å². The third-order valence-corrected chi connectivity index (χ3v) is 2.88. The maximum atomic E-state index is 3.40. The molecule has 1 nitrogen and oxygen atoms in total. The summed E-state index contributed by atoms with van der Waals surface area (Å²) in [6, 6.07) is 0. The van der Waals surface area contributed by atoms with Crippen LogP contribution in [0.4, 0.5) is 0 Å². The highest BCUT2D eigenvalue weighted by Gasteiger charge is 2.30. The Morgan fingerprint density at radius 3 is 2.50 bits per heavy atom. The van der Waals surface area contributed by atoms with E-state index in [0.29, 0.717) is 5.41 Å². The highest BCUT2D eigenvalue weighted by Crippen LogP contribution is 2.39. The molecular weight excluding hydrogens is 122 g/mol. The number of allylic oxidation sites excluding steroid dienone is 2. The highest BCUT2D eigenvalue weighted by atomic mass is 14.9. The maximum Gasteiger partial charge on any atom is -0.00406 e. The van der Waals surface area contributed by atoms with Gasteiger partial charge in [-0.1, -0.05) is 12.2 Å². The zero-order chi connectivity index (χ0) is 6.86. The van der Waals surface area contributed by atoms with Crippen LogP contribution >= 0.6 is 0 Å². The van der Waals surface area contributed by atoms with E-state index in [9.17, 15) is 0 Å². The molecule has 1 N–H and O–H groups in total. The van der Waals surface area contributed by atoms with E-state index in [4.69, 9.17) is 0 Å². The van der Waals surface area contributed by atoms with Crippen LogP contribution < -0.4 is 5.32 Å². The molecule has 0 amide bonds. The van der Waals surface area contributed by atoms with E-state index < -0.39 is 0 Å². The lowest BCUT2D eigenvalue weighted by atomic mass is 9.79. The van der Waals surface area contributed by atoms with Gasteiger partial charge in [0.15, 0.2) is 0 Å².